The first-order chi connectivity index (χ1) is 10.8. The summed E-state index contributed by atoms with van der Waals surface area (Å²) in [7, 11) is 0. The van der Waals surface area contributed by atoms with E-state index in [4.69, 9.17) is 22.4 Å². The van der Waals surface area contributed by atoms with Crippen molar-refractivity contribution in [3.05, 3.63) is 0 Å². The Bertz CT molecular complexity index is 473. The largest absolute Gasteiger partial charge is 0.481 e. The van der Waals surface area contributed by atoms with Crippen molar-refractivity contribution < 1.29 is 29.7 Å². The molecule has 1 atom stereocenters. The Morgan fingerprint density at radius 2 is 1.83 bits per heavy atom. The van der Waals surface area contributed by atoms with Crippen LogP contribution >= 0.6 is 24.0 Å². The maximum absolute atomic E-state index is 11.3. The van der Waals surface area contributed by atoms with E-state index in [1.54, 1.807) is 4.90 Å². The van der Waals surface area contributed by atoms with Crippen LogP contribution in [0.3, 0.4) is 0 Å². The number of hydrogen-bond donors (Lipinski definition) is 3. The van der Waals surface area contributed by atoms with Crippen molar-refractivity contribution in [1.29, 1.82) is 0 Å². The highest BCUT2D eigenvalue weighted by molar-refractivity contribution is 8.22. The van der Waals surface area contributed by atoms with Gasteiger partial charge in [-0.3, -0.25) is 19.3 Å². The molecule has 1 unspecified atom stereocenters. The highest BCUT2D eigenvalue weighted by atomic mass is 32.2. The van der Waals surface area contributed by atoms with E-state index < -0.39 is 30.4 Å². The fourth-order valence-electron chi connectivity index (χ4n) is 2.19. The second kappa shape index (κ2) is 9.68. The minimum atomic E-state index is -1.16. The topological polar surface area (TPSA) is 118 Å². The number of rotatable bonds is 10. The summed E-state index contributed by atoms with van der Waals surface area (Å²) in [6.45, 7) is 0.871. The molecule has 0 aromatic rings. The number of hydrogen-bond acceptors (Lipinski definition) is 6. The molecule has 0 aliphatic carbocycles. The van der Waals surface area contributed by atoms with E-state index in [0.29, 0.717) is 23.2 Å². The first-order valence-electron chi connectivity index (χ1n) is 7.13. The molecule has 0 bridgehead atoms. The molecular formula is C13H20N2O6S2. The van der Waals surface area contributed by atoms with E-state index in [-0.39, 0.29) is 13.1 Å². The van der Waals surface area contributed by atoms with E-state index in [1.165, 1.54) is 11.8 Å². The van der Waals surface area contributed by atoms with Crippen molar-refractivity contribution in [1.82, 2.24) is 9.80 Å². The van der Waals surface area contributed by atoms with Gasteiger partial charge in [0.25, 0.3) is 0 Å². The minimum absolute atomic E-state index is 0.130. The van der Waals surface area contributed by atoms with Gasteiger partial charge >= 0.3 is 17.9 Å². The van der Waals surface area contributed by atoms with Gasteiger partial charge in [-0.2, -0.15) is 0 Å². The quantitative estimate of drug-likeness (QED) is 0.384. The summed E-state index contributed by atoms with van der Waals surface area (Å²) in [6.07, 6.45) is 1.75. The third kappa shape index (κ3) is 7.14. The van der Waals surface area contributed by atoms with E-state index >= 15 is 0 Å². The molecule has 1 saturated heterocycles. The molecule has 1 fully saturated rings. The highest BCUT2D eigenvalue weighted by Crippen LogP contribution is 2.22. The first-order valence-corrected chi connectivity index (χ1v) is 8.52. The molecule has 8 nitrogen and oxygen atoms in total. The van der Waals surface area contributed by atoms with E-state index in [1.807, 2.05) is 4.90 Å². The average molecular weight is 364 g/mol. The first kappa shape index (κ1) is 19.7. The summed E-state index contributed by atoms with van der Waals surface area (Å²) >= 11 is 6.55. The number of unbranched alkanes of at least 4 members (excludes halogenated alkanes) is 2. The lowest BCUT2D eigenvalue weighted by Gasteiger charge is -2.39. The van der Waals surface area contributed by atoms with Gasteiger partial charge in [-0.25, -0.2) is 0 Å². The number of thiocarbonyl (C=S) groups is 1. The number of aliphatic carboxylic acids is 3. The van der Waals surface area contributed by atoms with Crippen LogP contribution < -0.4 is 0 Å². The van der Waals surface area contributed by atoms with Crippen LogP contribution in [0.15, 0.2) is 0 Å². The van der Waals surface area contributed by atoms with Crippen molar-refractivity contribution in [3.63, 3.8) is 0 Å². The fraction of sp³-hybridized carbons (Fsp3) is 0.692. The van der Waals surface area contributed by atoms with Gasteiger partial charge in [-0.15, -0.1) is 0 Å². The number of carbonyl (C=O) groups is 3. The van der Waals surface area contributed by atoms with Crippen LogP contribution in [0.25, 0.3) is 0 Å². The lowest BCUT2D eigenvalue weighted by molar-refractivity contribution is -0.150. The van der Waals surface area contributed by atoms with Gasteiger partial charge in [0, 0.05) is 13.0 Å². The molecule has 3 N–H and O–H groups in total. The normalized spacial score (nSPS) is 17.0. The SMILES string of the molecule is O=C(O)CCCCCN1CN(C(CC(=O)O)C(=O)O)CSC1=S. The van der Waals surface area contributed by atoms with Gasteiger partial charge in [-0.1, -0.05) is 30.4 Å². The predicted octanol–water partition coefficient (Wildman–Crippen LogP) is 1.11. The summed E-state index contributed by atoms with van der Waals surface area (Å²) in [6, 6.07) is -1.09. The maximum Gasteiger partial charge on any atom is 0.321 e. The van der Waals surface area contributed by atoms with Crippen LogP contribution in [-0.2, 0) is 14.4 Å². The standard InChI is InChI=1S/C13H20N2O6S2/c16-10(17)4-2-1-3-5-14-7-15(8-23-13(14)22)9(12(20)21)6-11(18)19/h9H,1-8H2,(H,16,17)(H,18,19)(H,20,21). The van der Waals surface area contributed by atoms with Crippen molar-refractivity contribution in [2.75, 3.05) is 19.1 Å². The van der Waals surface area contributed by atoms with Crippen molar-refractivity contribution in [2.24, 2.45) is 0 Å². The number of thioether (sulfide) groups is 1. The van der Waals surface area contributed by atoms with Gasteiger partial charge in [0.1, 0.15) is 10.4 Å². The van der Waals surface area contributed by atoms with Gasteiger partial charge < -0.3 is 20.2 Å². The molecule has 0 aromatic heterocycles. The maximum atomic E-state index is 11.3. The van der Waals surface area contributed by atoms with Crippen LogP contribution in [0.2, 0.25) is 0 Å². The lowest BCUT2D eigenvalue weighted by Crippen LogP contribution is -2.52. The van der Waals surface area contributed by atoms with Gasteiger partial charge in [0.05, 0.1) is 19.0 Å². The molecule has 1 aliphatic rings. The average Bonchev–Trinajstić information content (AvgIpc) is 2.45. The minimum Gasteiger partial charge on any atom is -0.481 e. The van der Waals surface area contributed by atoms with Crippen molar-refractivity contribution >= 4 is 46.2 Å². The zero-order valence-corrected chi connectivity index (χ0v) is 14.1. The monoisotopic (exact) mass is 364 g/mol. The second-order valence-corrected chi connectivity index (χ2v) is 6.77. The Morgan fingerprint density at radius 1 is 1.13 bits per heavy atom. The summed E-state index contributed by atoms with van der Waals surface area (Å²) < 4.78 is 0.652. The Hall–Kier alpha value is -1.39. The van der Waals surface area contributed by atoms with Crippen LogP contribution in [-0.4, -0.2) is 72.5 Å². The summed E-state index contributed by atoms with van der Waals surface area (Å²) in [4.78, 5) is 35.9. The second-order valence-electron chi connectivity index (χ2n) is 5.19. The third-order valence-corrected chi connectivity index (χ3v) is 4.95. The molecule has 1 aliphatic heterocycles. The number of carboxylic acids is 3. The summed E-state index contributed by atoms with van der Waals surface area (Å²) in [5.41, 5.74) is 0. The Morgan fingerprint density at radius 3 is 2.39 bits per heavy atom. The Labute approximate surface area is 143 Å². The fourth-order valence-corrected chi connectivity index (χ4v) is 3.37. The summed E-state index contributed by atoms with van der Waals surface area (Å²) in [5.74, 6) is -2.80. The van der Waals surface area contributed by atoms with Crippen LogP contribution in [0.1, 0.15) is 32.1 Å². The molecule has 1 heterocycles. The van der Waals surface area contributed by atoms with Gasteiger partial charge in [-0.05, 0) is 12.8 Å². The molecule has 1 rings (SSSR count). The van der Waals surface area contributed by atoms with Crippen LogP contribution in [0, 0.1) is 0 Å². The Balaban J connectivity index is 2.50. The molecule has 10 heteroatoms. The molecule has 130 valence electrons. The zero-order valence-electron chi connectivity index (χ0n) is 12.5. The zero-order chi connectivity index (χ0) is 17.4. The third-order valence-electron chi connectivity index (χ3n) is 3.38. The van der Waals surface area contributed by atoms with Gasteiger partial charge in [0.2, 0.25) is 0 Å². The van der Waals surface area contributed by atoms with E-state index in [0.717, 1.165) is 12.8 Å². The Kier molecular flexibility index (Phi) is 8.28. The van der Waals surface area contributed by atoms with E-state index in [2.05, 4.69) is 0 Å². The number of carboxylic acid groups (broad SMARTS) is 3. The molecule has 0 spiro atoms. The van der Waals surface area contributed by atoms with E-state index in [9.17, 15) is 19.5 Å². The highest BCUT2D eigenvalue weighted by Gasteiger charge is 2.32. The molecule has 0 aromatic carbocycles. The number of nitrogens with zero attached hydrogens (tertiary/aromatic N) is 2. The van der Waals surface area contributed by atoms with Gasteiger partial charge in [0.15, 0.2) is 0 Å². The summed E-state index contributed by atoms with van der Waals surface area (Å²) in [5, 5.41) is 26.6. The molecule has 23 heavy (non-hydrogen) atoms. The molecule has 0 amide bonds. The van der Waals surface area contributed by atoms with Crippen molar-refractivity contribution in [2.45, 2.75) is 38.1 Å². The smallest absolute Gasteiger partial charge is 0.321 e. The lowest BCUT2D eigenvalue weighted by atomic mass is 10.2. The van der Waals surface area contributed by atoms with Crippen molar-refractivity contribution in [3.8, 4) is 0 Å². The predicted molar refractivity (Wildman–Crippen MR) is 88.2 cm³/mol. The molecule has 0 radical (unpaired) electrons. The molecular weight excluding hydrogens is 344 g/mol. The van der Waals surface area contributed by atoms with Crippen LogP contribution in [0.4, 0.5) is 0 Å². The molecule has 0 saturated carbocycles. The van der Waals surface area contributed by atoms with Crippen LogP contribution in [0.5, 0.6) is 0 Å².